The van der Waals surface area contributed by atoms with Crippen LogP contribution in [-0.4, -0.2) is 31.1 Å². The van der Waals surface area contributed by atoms with E-state index in [1.165, 1.54) is 35.2 Å². The van der Waals surface area contributed by atoms with Crippen LogP contribution in [-0.2, 0) is 4.79 Å². The number of nitro benzene ring substituents is 1. The first-order valence-corrected chi connectivity index (χ1v) is 11.1. The van der Waals surface area contributed by atoms with E-state index >= 15 is 0 Å². The van der Waals surface area contributed by atoms with Gasteiger partial charge in [-0.25, -0.2) is 9.97 Å². The van der Waals surface area contributed by atoms with Crippen LogP contribution < -0.4 is 5.32 Å². The summed E-state index contributed by atoms with van der Waals surface area (Å²) in [6.45, 7) is 2.00. The number of nitrogens with zero attached hydrogens (tertiary/aromatic N) is 4. The maximum Gasteiger partial charge on any atom is 0.270 e. The Morgan fingerprint density at radius 2 is 2.03 bits per heavy atom. The third-order valence-corrected chi connectivity index (χ3v) is 6.03. The number of anilines is 1. The topological polar surface area (TPSA) is 103 Å². The summed E-state index contributed by atoms with van der Waals surface area (Å²) >= 11 is 2.64. The summed E-state index contributed by atoms with van der Waals surface area (Å²) in [5.41, 5.74) is 3.34. The van der Waals surface area contributed by atoms with Crippen LogP contribution in [0.4, 0.5) is 10.8 Å². The van der Waals surface area contributed by atoms with Crippen LogP contribution in [0.15, 0.2) is 71.5 Å². The largest absolute Gasteiger partial charge is 0.301 e. The van der Waals surface area contributed by atoms with Gasteiger partial charge < -0.3 is 5.32 Å². The lowest BCUT2D eigenvalue weighted by atomic mass is 10.1. The molecule has 31 heavy (non-hydrogen) atoms. The van der Waals surface area contributed by atoms with Crippen LogP contribution in [0.3, 0.4) is 0 Å². The third kappa shape index (κ3) is 4.81. The third-order valence-electron chi connectivity index (χ3n) is 4.39. The molecule has 0 saturated carbocycles. The molecule has 156 valence electrons. The van der Waals surface area contributed by atoms with E-state index in [-0.39, 0.29) is 17.3 Å². The zero-order valence-electron chi connectivity index (χ0n) is 16.4. The Balaban J connectivity index is 1.67. The molecule has 0 aliphatic carbocycles. The van der Waals surface area contributed by atoms with Crippen LogP contribution in [0.5, 0.6) is 0 Å². The maximum atomic E-state index is 12.3. The smallest absolute Gasteiger partial charge is 0.270 e. The molecule has 0 aliphatic heterocycles. The van der Waals surface area contributed by atoms with Gasteiger partial charge in [-0.3, -0.25) is 19.5 Å². The molecule has 0 aliphatic rings. The molecule has 1 amide bonds. The van der Waals surface area contributed by atoms with Crippen molar-refractivity contribution < 1.29 is 9.72 Å². The molecule has 0 saturated heterocycles. The van der Waals surface area contributed by atoms with Gasteiger partial charge in [-0.1, -0.05) is 41.6 Å². The Bertz CT molecular complexity index is 1220. The van der Waals surface area contributed by atoms with Gasteiger partial charge in [-0.15, -0.1) is 11.3 Å². The van der Waals surface area contributed by atoms with Crippen molar-refractivity contribution in [1.29, 1.82) is 0 Å². The molecule has 0 fully saturated rings. The average Bonchev–Trinajstić information content (AvgIpc) is 3.43. The number of imidazole rings is 1. The number of carbonyl (C=O) groups is 1. The van der Waals surface area contributed by atoms with Crippen LogP contribution in [0.25, 0.3) is 16.9 Å². The second-order valence-electron chi connectivity index (χ2n) is 6.58. The summed E-state index contributed by atoms with van der Waals surface area (Å²) < 4.78 is 1.90. The number of thiazole rings is 1. The molecule has 2 heterocycles. The van der Waals surface area contributed by atoms with Gasteiger partial charge in [0.25, 0.3) is 5.69 Å². The fourth-order valence-electron chi connectivity index (χ4n) is 2.93. The van der Waals surface area contributed by atoms with Crippen LogP contribution in [0.2, 0.25) is 0 Å². The lowest BCUT2D eigenvalue weighted by Gasteiger charge is -2.12. The van der Waals surface area contributed by atoms with Gasteiger partial charge in [0.05, 0.1) is 22.6 Å². The first kappa shape index (κ1) is 20.8. The lowest BCUT2D eigenvalue weighted by Crippen LogP contribution is -2.14. The van der Waals surface area contributed by atoms with E-state index in [1.807, 2.05) is 35.8 Å². The number of carbonyl (C=O) groups excluding carboxylic acids is 1. The van der Waals surface area contributed by atoms with Gasteiger partial charge >= 0.3 is 0 Å². The zero-order chi connectivity index (χ0) is 21.8. The Hall–Kier alpha value is -3.50. The molecule has 10 heteroatoms. The molecule has 4 rings (SSSR count). The minimum atomic E-state index is -0.422. The molecular formula is C21H17N5O3S2. The first-order valence-electron chi connectivity index (χ1n) is 9.23. The van der Waals surface area contributed by atoms with Gasteiger partial charge in [0.15, 0.2) is 10.3 Å². The van der Waals surface area contributed by atoms with Crippen molar-refractivity contribution in [2.75, 3.05) is 11.1 Å². The highest BCUT2D eigenvalue weighted by Crippen LogP contribution is 2.31. The predicted molar refractivity (Wildman–Crippen MR) is 122 cm³/mol. The summed E-state index contributed by atoms with van der Waals surface area (Å²) in [7, 11) is 0. The summed E-state index contributed by atoms with van der Waals surface area (Å²) in [5, 5.41) is 16.9. The standard InChI is InChI=1S/C21H17N5O3S2/c1-14-5-7-16(8-6-14)25-18(15-3-2-4-17(11-15)26(28)29)12-23-21(25)31-13-19(27)24-20-22-9-10-30-20/h2-12H,13H2,1H3,(H,22,24,27). The number of nitro groups is 1. The highest BCUT2D eigenvalue weighted by molar-refractivity contribution is 7.99. The minimum Gasteiger partial charge on any atom is -0.301 e. The Kier molecular flexibility index (Phi) is 6.10. The second-order valence-corrected chi connectivity index (χ2v) is 8.42. The van der Waals surface area contributed by atoms with Gasteiger partial charge in [0.1, 0.15) is 0 Å². The molecule has 0 atom stereocenters. The highest BCUT2D eigenvalue weighted by Gasteiger charge is 2.17. The monoisotopic (exact) mass is 451 g/mol. The molecule has 2 aromatic carbocycles. The Morgan fingerprint density at radius 1 is 1.23 bits per heavy atom. The number of non-ortho nitro benzene ring substituents is 1. The van der Waals surface area contributed by atoms with E-state index in [1.54, 1.807) is 29.9 Å². The van der Waals surface area contributed by atoms with E-state index < -0.39 is 4.92 Å². The molecule has 0 unspecified atom stereocenters. The number of benzene rings is 2. The maximum absolute atomic E-state index is 12.3. The number of amides is 1. The number of hydrogen-bond donors (Lipinski definition) is 1. The van der Waals surface area contributed by atoms with Crippen molar-refractivity contribution in [3.05, 3.63) is 82.0 Å². The van der Waals surface area contributed by atoms with Crippen molar-refractivity contribution in [3.8, 4) is 16.9 Å². The number of thioether (sulfide) groups is 1. The van der Waals surface area contributed by atoms with E-state index in [0.29, 0.717) is 21.5 Å². The number of aryl methyl sites for hydroxylation is 1. The van der Waals surface area contributed by atoms with Crippen molar-refractivity contribution in [2.24, 2.45) is 0 Å². The summed E-state index contributed by atoms with van der Waals surface area (Å²) in [5.74, 6) is -0.0353. The molecule has 4 aromatic rings. The molecule has 0 bridgehead atoms. The van der Waals surface area contributed by atoms with Crippen LogP contribution in [0, 0.1) is 17.0 Å². The SMILES string of the molecule is Cc1ccc(-n2c(-c3cccc([N+](=O)[O-])c3)cnc2SCC(=O)Nc2nccs2)cc1. The number of hydrogen-bond acceptors (Lipinski definition) is 7. The highest BCUT2D eigenvalue weighted by atomic mass is 32.2. The first-order chi connectivity index (χ1) is 15.0. The number of rotatable bonds is 7. The summed E-state index contributed by atoms with van der Waals surface area (Å²) in [6.07, 6.45) is 3.29. The molecular weight excluding hydrogens is 434 g/mol. The van der Waals surface area contributed by atoms with E-state index in [4.69, 9.17) is 0 Å². The Morgan fingerprint density at radius 3 is 2.74 bits per heavy atom. The van der Waals surface area contributed by atoms with Crippen molar-refractivity contribution >= 4 is 39.8 Å². The molecule has 0 radical (unpaired) electrons. The number of nitrogens with one attached hydrogen (secondary N) is 1. The molecule has 1 N–H and O–H groups in total. The second kappa shape index (κ2) is 9.11. The fraction of sp³-hybridized carbons (Fsp3) is 0.0952. The lowest BCUT2D eigenvalue weighted by molar-refractivity contribution is -0.384. The van der Waals surface area contributed by atoms with Crippen LogP contribution in [0.1, 0.15) is 5.56 Å². The number of aromatic nitrogens is 3. The Labute approximate surface area is 186 Å². The van der Waals surface area contributed by atoms with E-state index in [9.17, 15) is 14.9 Å². The van der Waals surface area contributed by atoms with Gasteiger partial charge in [-0.05, 0) is 19.1 Å². The van der Waals surface area contributed by atoms with E-state index in [2.05, 4.69) is 15.3 Å². The average molecular weight is 452 g/mol. The van der Waals surface area contributed by atoms with Gasteiger partial charge in [0, 0.05) is 35.0 Å². The molecule has 2 aromatic heterocycles. The normalized spacial score (nSPS) is 10.7. The predicted octanol–water partition coefficient (Wildman–Crippen LogP) is 4.94. The zero-order valence-corrected chi connectivity index (χ0v) is 18.0. The molecule has 8 nitrogen and oxygen atoms in total. The summed E-state index contributed by atoms with van der Waals surface area (Å²) in [6, 6.07) is 14.3. The van der Waals surface area contributed by atoms with Crippen molar-refractivity contribution in [3.63, 3.8) is 0 Å². The van der Waals surface area contributed by atoms with Gasteiger partial charge in [0.2, 0.25) is 5.91 Å². The minimum absolute atomic E-state index is 0.00573. The van der Waals surface area contributed by atoms with Crippen molar-refractivity contribution in [1.82, 2.24) is 14.5 Å². The fourth-order valence-corrected chi connectivity index (χ4v) is 4.27. The van der Waals surface area contributed by atoms with E-state index in [0.717, 1.165) is 11.3 Å². The molecule has 0 spiro atoms. The quantitative estimate of drug-likeness (QED) is 0.242. The van der Waals surface area contributed by atoms with Crippen molar-refractivity contribution in [2.45, 2.75) is 12.1 Å². The van der Waals surface area contributed by atoms with Gasteiger partial charge in [-0.2, -0.15) is 0 Å². The van der Waals surface area contributed by atoms with Crippen LogP contribution >= 0.6 is 23.1 Å². The summed E-state index contributed by atoms with van der Waals surface area (Å²) in [4.78, 5) is 31.6.